The van der Waals surface area contributed by atoms with Gasteiger partial charge >= 0.3 is 6.09 Å². The smallest absolute Gasteiger partial charge is 0.410 e. The zero-order chi connectivity index (χ0) is 10.6. The Morgan fingerprint density at radius 1 is 1.67 bits per heavy atom. The molecule has 3 atom stereocenters. The van der Waals surface area contributed by atoms with E-state index >= 15 is 0 Å². The Labute approximate surface area is 87.8 Å². The molecule has 1 aliphatic carbocycles. The van der Waals surface area contributed by atoms with Gasteiger partial charge in [-0.05, 0) is 24.5 Å². The van der Waals surface area contributed by atoms with E-state index in [1.165, 1.54) is 0 Å². The number of aliphatic hydroxyl groups excluding tert-OH is 1. The van der Waals surface area contributed by atoms with Crippen molar-refractivity contribution in [2.24, 2.45) is 0 Å². The fraction of sp³-hybridized carbons (Fsp3) is 0.545. The summed E-state index contributed by atoms with van der Waals surface area (Å²) in [6, 6.07) is -0.0487. The number of amides is 1. The van der Waals surface area contributed by atoms with Gasteiger partial charge in [-0.3, -0.25) is 4.90 Å². The second-order valence-electron chi connectivity index (χ2n) is 4.12. The SMILES string of the molecule is C/C=C1\C2=CCCN3C(=O)O[C@H]([C@H]1O)[C@H]23. The normalized spacial score (nSPS) is 40.5. The highest BCUT2D eigenvalue weighted by Crippen LogP contribution is 2.43. The number of carbonyl (C=O) groups is 1. The number of aliphatic hydroxyl groups is 1. The van der Waals surface area contributed by atoms with Gasteiger partial charge in [0.2, 0.25) is 0 Å². The van der Waals surface area contributed by atoms with Crippen molar-refractivity contribution in [1.82, 2.24) is 4.90 Å². The largest absolute Gasteiger partial charge is 0.440 e. The summed E-state index contributed by atoms with van der Waals surface area (Å²) in [5.74, 6) is 0. The van der Waals surface area contributed by atoms with Crippen LogP contribution in [0.1, 0.15) is 13.3 Å². The topological polar surface area (TPSA) is 49.8 Å². The van der Waals surface area contributed by atoms with E-state index in [4.69, 9.17) is 4.74 Å². The summed E-state index contributed by atoms with van der Waals surface area (Å²) >= 11 is 0. The molecule has 3 aliphatic rings. The van der Waals surface area contributed by atoms with Crippen LogP contribution in [0, 0.1) is 0 Å². The van der Waals surface area contributed by atoms with Crippen LogP contribution in [0.2, 0.25) is 0 Å². The van der Waals surface area contributed by atoms with Gasteiger partial charge < -0.3 is 9.84 Å². The highest BCUT2D eigenvalue weighted by molar-refractivity contribution is 5.74. The van der Waals surface area contributed by atoms with Gasteiger partial charge in [-0.25, -0.2) is 4.79 Å². The third-order valence-corrected chi connectivity index (χ3v) is 3.45. The van der Waals surface area contributed by atoms with E-state index in [0.29, 0.717) is 6.54 Å². The second-order valence-corrected chi connectivity index (χ2v) is 4.12. The van der Waals surface area contributed by atoms with Crippen molar-refractivity contribution in [3.63, 3.8) is 0 Å². The van der Waals surface area contributed by atoms with Gasteiger partial charge in [0, 0.05) is 6.54 Å². The Morgan fingerprint density at radius 3 is 3.20 bits per heavy atom. The minimum atomic E-state index is -0.654. The lowest BCUT2D eigenvalue weighted by Gasteiger charge is -2.25. The van der Waals surface area contributed by atoms with Crippen LogP contribution in [0.5, 0.6) is 0 Å². The van der Waals surface area contributed by atoms with Crippen LogP contribution >= 0.6 is 0 Å². The summed E-state index contributed by atoms with van der Waals surface area (Å²) in [4.78, 5) is 13.2. The van der Waals surface area contributed by atoms with Crippen LogP contribution in [0.3, 0.4) is 0 Å². The molecule has 4 nitrogen and oxygen atoms in total. The lowest BCUT2D eigenvalue weighted by Crippen LogP contribution is -2.38. The first-order valence-electron chi connectivity index (χ1n) is 5.26. The van der Waals surface area contributed by atoms with Gasteiger partial charge in [-0.2, -0.15) is 0 Å². The molecule has 1 amide bonds. The van der Waals surface area contributed by atoms with Gasteiger partial charge in [0.15, 0.2) is 6.10 Å². The lowest BCUT2D eigenvalue weighted by atomic mass is 10.0. The number of nitrogens with zero attached hydrogens (tertiary/aromatic N) is 1. The molecule has 0 spiro atoms. The predicted octanol–water partition coefficient (Wildman–Crippen LogP) is 0.827. The minimum Gasteiger partial charge on any atom is -0.440 e. The van der Waals surface area contributed by atoms with E-state index < -0.39 is 12.2 Å². The summed E-state index contributed by atoms with van der Waals surface area (Å²) in [6.45, 7) is 2.61. The molecule has 0 aromatic rings. The molecule has 4 heteroatoms. The molecular formula is C11H13NO3. The fourth-order valence-electron chi connectivity index (χ4n) is 2.81. The first kappa shape index (κ1) is 8.97. The molecule has 1 saturated heterocycles. The van der Waals surface area contributed by atoms with Crippen molar-refractivity contribution >= 4 is 6.09 Å². The van der Waals surface area contributed by atoms with Crippen LogP contribution in [-0.2, 0) is 4.74 Å². The minimum absolute atomic E-state index is 0.0487. The third kappa shape index (κ3) is 0.973. The summed E-state index contributed by atoms with van der Waals surface area (Å²) < 4.78 is 5.20. The molecule has 0 aromatic heterocycles. The van der Waals surface area contributed by atoms with Crippen molar-refractivity contribution in [2.75, 3.05) is 6.54 Å². The van der Waals surface area contributed by atoms with E-state index in [9.17, 15) is 9.90 Å². The molecule has 2 fully saturated rings. The first-order valence-corrected chi connectivity index (χ1v) is 5.26. The van der Waals surface area contributed by atoms with Gasteiger partial charge in [-0.1, -0.05) is 12.2 Å². The van der Waals surface area contributed by atoms with Gasteiger partial charge in [-0.15, -0.1) is 0 Å². The summed E-state index contributed by atoms with van der Waals surface area (Å²) in [6.07, 6.45) is 3.53. The number of hydrogen-bond donors (Lipinski definition) is 1. The van der Waals surface area contributed by atoms with Gasteiger partial charge in [0.25, 0.3) is 0 Å². The number of allylic oxidation sites excluding steroid dienone is 1. The Kier molecular flexibility index (Phi) is 1.71. The van der Waals surface area contributed by atoms with Crippen molar-refractivity contribution in [1.29, 1.82) is 0 Å². The van der Waals surface area contributed by atoms with Crippen LogP contribution in [0.4, 0.5) is 4.79 Å². The van der Waals surface area contributed by atoms with Crippen LogP contribution < -0.4 is 0 Å². The Balaban J connectivity index is 2.10. The molecule has 0 bridgehead atoms. The first-order chi connectivity index (χ1) is 7.24. The lowest BCUT2D eigenvalue weighted by molar-refractivity contribution is 0.0581. The van der Waals surface area contributed by atoms with Gasteiger partial charge in [0.1, 0.15) is 12.1 Å². The number of rotatable bonds is 0. The maximum absolute atomic E-state index is 11.5. The quantitative estimate of drug-likeness (QED) is 0.640. The summed E-state index contributed by atoms with van der Waals surface area (Å²) in [5.41, 5.74) is 1.99. The molecule has 2 aliphatic heterocycles. The van der Waals surface area contributed by atoms with Crippen LogP contribution in [0.25, 0.3) is 0 Å². The average molecular weight is 207 g/mol. The summed E-state index contributed by atoms with van der Waals surface area (Å²) in [7, 11) is 0. The average Bonchev–Trinajstić information content (AvgIpc) is 2.70. The van der Waals surface area contributed by atoms with E-state index in [1.54, 1.807) is 4.90 Å². The van der Waals surface area contributed by atoms with Crippen molar-refractivity contribution < 1.29 is 14.6 Å². The maximum Gasteiger partial charge on any atom is 0.410 e. The molecule has 2 heterocycles. The second kappa shape index (κ2) is 2.85. The van der Waals surface area contributed by atoms with E-state index in [0.717, 1.165) is 17.6 Å². The molecule has 15 heavy (non-hydrogen) atoms. The van der Waals surface area contributed by atoms with Crippen molar-refractivity contribution in [3.05, 3.63) is 23.3 Å². The molecule has 1 saturated carbocycles. The molecule has 80 valence electrons. The molecule has 3 rings (SSSR count). The molecular weight excluding hydrogens is 194 g/mol. The van der Waals surface area contributed by atoms with Crippen molar-refractivity contribution in [2.45, 2.75) is 31.6 Å². The summed E-state index contributed by atoms with van der Waals surface area (Å²) in [5, 5.41) is 10.0. The monoisotopic (exact) mass is 207 g/mol. The molecule has 1 N–H and O–H groups in total. The predicted molar refractivity (Wildman–Crippen MR) is 53.2 cm³/mol. The highest BCUT2D eigenvalue weighted by Gasteiger charge is 2.54. The third-order valence-electron chi connectivity index (χ3n) is 3.45. The molecule has 0 aromatic carbocycles. The fourth-order valence-corrected chi connectivity index (χ4v) is 2.81. The zero-order valence-corrected chi connectivity index (χ0v) is 8.51. The highest BCUT2D eigenvalue weighted by atomic mass is 16.6. The van der Waals surface area contributed by atoms with Crippen LogP contribution in [0.15, 0.2) is 23.3 Å². The van der Waals surface area contributed by atoms with Gasteiger partial charge in [0.05, 0.1) is 0 Å². The van der Waals surface area contributed by atoms with Crippen LogP contribution in [-0.4, -0.2) is 40.9 Å². The standard InChI is InChI=1S/C11H13NO3/c1-2-6-7-4-3-5-12-8(7)10(9(6)13)15-11(12)14/h2,4,8-10,13H,3,5H2,1H3/b6-2+/t8-,9-,10-/m0/s1. The van der Waals surface area contributed by atoms with E-state index in [-0.39, 0.29) is 12.1 Å². The number of carbonyl (C=O) groups excluding carboxylic acids is 1. The number of hydrogen-bond acceptors (Lipinski definition) is 3. The Hall–Kier alpha value is -1.29. The molecule has 0 radical (unpaired) electrons. The Morgan fingerprint density at radius 2 is 2.47 bits per heavy atom. The Bertz CT molecular complexity index is 385. The molecule has 0 unspecified atom stereocenters. The van der Waals surface area contributed by atoms with Crippen molar-refractivity contribution in [3.8, 4) is 0 Å². The zero-order valence-electron chi connectivity index (χ0n) is 8.51. The maximum atomic E-state index is 11.5. The number of ether oxygens (including phenoxy) is 1. The van der Waals surface area contributed by atoms with E-state index in [2.05, 4.69) is 6.08 Å². The van der Waals surface area contributed by atoms with E-state index in [1.807, 2.05) is 13.0 Å².